The molecule has 1 aliphatic heterocycles. The average molecular weight is 336 g/mol. The number of amides is 2. The summed E-state index contributed by atoms with van der Waals surface area (Å²) in [5, 5.41) is 0. The molecule has 1 aliphatic rings. The number of Topliss-reactive ketones (excluding diaryl/α,β-unsaturated/α-hetero) is 1. The number of piperidine rings is 1. The summed E-state index contributed by atoms with van der Waals surface area (Å²) in [4.78, 5) is 38.1. The summed E-state index contributed by atoms with van der Waals surface area (Å²) in [6, 6.07) is 15.7. The van der Waals surface area contributed by atoms with E-state index in [0.29, 0.717) is 37.1 Å². The number of carbonyl (C=O) groups excluding carboxylic acids is 3. The highest BCUT2D eigenvalue weighted by Crippen LogP contribution is 2.23. The maximum absolute atomic E-state index is 12.6. The molecule has 128 valence electrons. The minimum absolute atomic E-state index is 0.0524. The normalized spacial score (nSPS) is 15.0. The molecule has 0 saturated carbocycles. The highest BCUT2D eigenvalue weighted by Gasteiger charge is 2.28. The van der Waals surface area contributed by atoms with Gasteiger partial charge >= 0.3 is 0 Å². The molecule has 0 atom stereocenters. The summed E-state index contributed by atoms with van der Waals surface area (Å²) >= 11 is 0. The third kappa shape index (κ3) is 3.76. The summed E-state index contributed by atoms with van der Waals surface area (Å²) in [5.74, 6) is -0.595. The van der Waals surface area contributed by atoms with Crippen molar-refractivity contribution in [1.82, 2.24) is 4.90 Å². The lowest BCUT2D eigenvalue weighted by molar-refractivity contribution is 0.0650. The average Bonchev–Trinajstić information content (AvgIpc) is 2.67. The highest BCUT2D eigenvalue weighted by molar-refractivity contribution is 6.00. The molecule has 1 heterocycles. The van der Waals surface area contributed by atoms with E-state index < -0.39 is 5.91 Å². The van der Waals surface area contributed by atoms with Gasteiger partial charge in [0.05, 0.1) is 0 Å². The van der Waals surface area contributed by atoms with E-state index in [1.165, 1.54) is 6.07 Å². The molecule has 2 N–H and O–H groups in total. The first-order valence-corrected chi connectivity index (χ1v) is 8.34. The molecule has 2 aromatic carbocycles. The molecule has 0 aromatic heterocycles. The van der Waals surface area contributed by atoms with Gasteiger partial charge in [0.1, 0.15) is 0 Å². The van der Waals surface area contributed by atoms with Gasteiger partial charge in [0.25, 0.3) is 5.91 Å². The molecular weight excluding hydrogens is 316 g/mol. The zero-order chi connectivity index (χ0) is 17.8. The summed E-state index contributed by atoms with van der Waals surface area (Å²) in [6.45, 7) is 1.06. The molecule has 5 heteroatoms. The molecule has 0 radical (unpaired) electrons. The van der Waals surface area contributed by atoms with Crippen LogP contribution >= 0.6 is 0 Å². The van der Waals surface area contributed by atoms with E-state index in [2.05, 4.69) is 0 Å². The number of benzene rings is 2. The maximum atomic E-state index is 12.6. The van der Waals surface area contributed by atoms with Gasteiger partial charge < -0.3 is 10.6 Å². The number of nitrogens with two attached hydrogens (primary N) is 1. The van der Waals surface area contributed by atoms with Crippen molar-refractivity contribution in [3.05, 3.63) is 71.3 Å². The number of likely N-dealkylation sites (tertiary alicyclic amines) is 1. The second-order valence-corrected chi connectivity index (χ2v) is 6.24. The molecule has 2 amide bonds. The SMILES string of the molecule is NC(=O)c1cccc(C(=O)N2CCC(C(=O)c3ccccc3)CC2)c1. The Morgan fingerprint density at radius 3 is 2.08 bits per heavy atom. The Hall–Kier alpha value is -2.95. The van der Waals surface area contributed by atoms with Crippen LogP contribution in [0.5, 0.6) is 0 Å². The fraction of sp³-hybridized carbons (Fsp3) is 0.250. The monoisotopic (exact) mass is 336 g/mol. The van der Waals surface area contributed by atoms with Crippen molar-refractivity contribution in [2.75, 3.05) is 13.1 Å². The van der Waals surface area contributed by atoms with Gasteiger partial charge in [-0.15, -0.1) is 0 Å². The standard InChI is InChI=1S/C20H20N2O3/c21-19(24)16-7-4-8-17(13-16)20(25)22-11-9-15(10-12-22)18(23)14-5-2-1-3-6-14/h1-8,13,15H,9-12H2,(H2,21,24). The van der Waals surface area contributed by atoms with Gasteiger partial charge in [-0.25, -0.2) is 0 Å². The Morgan fingerprint density at radius 2 is 1.44 bits per heavy atom. The Kier molecular flexibility index (Phi) is 4.93. The largest absolute Gasteiger partial charge is 0.366 e. The number of primary amides is 1. The van der Waals surface area contributed by atoms with Crippen LogP contribution in [-0.4, -0.2) is 35.6 Å². The smallest absolute Gasteiger partial charge is 0.253 e. The molecule has 25 heavy (non-hydrogen) atoms. The Labute approximate surface area is 146 Å². The molecule has 1 saturated heterocycles. The molecule has 0 bridgehead atoms. The second kappa shape index (κ2) is 7.30. The van der Waals surface area contributed by atoms with E-state index in [-0.39, 0.29) is 17.6 Å². The quantitative estimate of drug-likeness (QED) is 0.871. The Bertz CT molecular complexity index is 794. The summed E-state index contributed by atoms with van der Waals surface area (Å²) in [6.07, 6.45) is 1.30. The van der Waals surface area contributed by atoms with E-state index in [0.717, 1.165) is 5.56 Å². The first kappa shape index (κ1) is 16.9. The summed E-state index contributed by atoms with van der Waals surface area (Å²) in [5.41, 5.74) is 6.76. The molecule has 2 aromatic rings. The van der Waals surface area contributed by atoms with Crippen LogP contribution in [0.15, 0.2) is 54.6 Å². The zero-order valence-corrected chi connectivity index (χ0v) is 13.9. The lowest BCUT2D eigenvalue weighted by Gasteiger charge is -2.31. The summed E-state index contributed by atoms with van der Waals surface area (Å²) < 4.78 is 0. The number of nitrogens with zero attached hydrogens (tertiary/aromatic N) is 1. The van der Waals surface area contributed by atoms with Gasteiger partial charge in [-0.2, -0.15) is 0 Å². The van der Waals surface area contributed by atoms with Crippen molar-refractivity contribution < 1.29 is 14.4 Å². The summed E-state index contributed by atoms with van der Waals surface area (Å²) in [7, 11) is 0. The molecule has 3 rings (SSSR count). The topological polar surface area (TPSA) is 80.5 Å². The Balaban J connectivity index is 1.64. The first-order chi connectivity index (χ1) is 12.1. The van der Waals surface area contributed by atoms with E-state index in [4.69, 9.17) is 5.73 Å². The highest BCUT2D eigenvalue weighted by atomic mass is 16.2. The number of carbonyl (C=O) groups is 3. The van der Waals surface area contributed by atoms with Crippen LogP contribution in [0.25, 0.3) is 0 Å². The van der Waals surface area contributed by atoms with Gasteiger partial charge in [-0.1, -0.05) is 36.4 Å². The predicted octanol–water partition coefficient (Wildman–Crippen LogP) is 2.52. The zero-order valence-electron chi connectivity index (χ0n) is 13.9. The van der Waals surface area contributed by atoms with Crippen LogP contribution < -0.4 is 5.73 Å². The number of ketones is 1. The van der Waals surface area contributed by atoms with Crippen molar-refractivity contribution in [3.8, 4) is 0 Å². The van der Waals surface area contributed by atoms with Gasteiger partial charge in [0.15, 0.2) is 5.78 Å². The van der Waals surface area contributed by atoms with Gasteiger partial charge in [0.2, 0.25) is 5.91 Å². The van der Waals surface area contributed by atoms with Crippen LogP contribution in [-0.2, 0) is 0 Å². The van der Waals surface area contributed by atoms with Crippen molar-refractivity contribution in [3.63, 3.8) is 0 Å². The molecule has 5 nitrogen and oxygen atoms in total. The van der Waals surface area contributed by atoms with Crippen LogP contribution in [0.1, 0.15) is 43.9 Å². The van der Waals surface area contributed by atoms with Gasteiger partial charge in [-0.05, 0) is 31.0 Å². The minimum Gasteiger partial charge on any atom is -0.366 e. The third-order valence-corrected chi connectivity index (χ3v) is 4.61. The molecule has 1 fully saturated rings. The fourth-order valence-corrected chi connectivity index (χ4v) is 3.17. The van der Waals surface area contributed by atoms with Crippen LogP contribution in [0.4, 0.5) is 0 Å². The van der Waals surface area contributed by atoms with Crippen molar-refractivity contribution in [2.45, 2.75) is 12.8 Å². The fourth-order valence-electron chi connectivity index (χ4n) is 3.17. The minimum atomic E-state index is -0.554. The van der Waals surface area contributed by atoms with E-state index in [1.54, 1.807) is 23.1 Å². The second-order valence-electron chi connectivity index (χ2n) is 6.24. The molecule has 0 aliphatic carbocycles. The lowest BCUT2D eigenvalue weighted by atomic mass is 9.88. The van der Waals surface area contributed by atoms with Crippen LogP contribution in [0, 0.1) is 5.92 Å². The Morgan fingerprint density at radius 1 is 0.840 bits per heavy atom. The number of hydrogen-bond donors (Lipinski definition) is 1. The lowest BCUT2D eigenvalue weighted by Crippen LogP contribution is -2.40. The predicted molar refractivity (Wildman–Crippen MR) is 94.4 cm³/mol. The van der Waals surface area contributed by atoms with Crippen molar-refractivity contribution >= 4 is 17.6 Å². The van der Waals surface area contributed by atoms with Gasteiger partial charge in [0, 0.05) is 35.7 Å². The number of rotatable bonds is 4. The molecule has 0 spiro atoms. The van der Waals surface area contributed by atoms with Crippen molar-refractivity contribution in [2.24, 2.45) is 11.7 Å². The van der Waals surface area contributed by atoms with Crippen molar-refractivity contribution in [1.29, 1.82) is 0 Å². The van der Waals surface area contributed by atoms with Crippen LogP contribution in [0.3, 0.4) is 0 Å². The molecular formula is C20H20N2O3. The maximum Gasteiger partial charge on any atom is 0.253 e. The first-order valence-electron chi connectivity index (χ1n) is 8.34. The molecule has 0 unspecified atom stereocenters. The van der Waals surface area contributed by atoms with Crippen LogP contribution in [0.2, 0.25) is 0 Å². The van der Waals surface area contributed by atoms with E-state index in [1.807, 2.05) is 30.3 Å². The third-order valence-electron chi connectivity index (χ3n) is 4.61. The van der Waals surface area contributed by atoms with Gasteiger partial charge in [-0.3, -0.25) is 14.4 Å². The van der Waals surface area contributed by atoms with E-state index in [9.17, 15) is 14.4 Å². The van der Waals surface area contributed by atoms with E-state index >= 15 is 0 Å². The number of hydrogen-bond acceptors (Lipinski definition) is 3.